The molecule has 0 radical (unpaired) electrons. The van der Waals surface area contributed by atoms with E-state index in [1.807, 2.05) is 12.1 Å². The van der Waals surface area contributed by atoms with Gasteiger partial charge in [-0.1, -0.05) is 41.6 Å². The summed E-state index contributed by atoms with van der Waals surface area (Å²) in [4.78, 5) is 17.6. The first-order chi connectivity index (χ1) is 17.0. The molecular formula is C28H31N3O4. The van der Waals surface area contributed by atoms with Gasteiger partial charge in [0, 0.05) is 42.9 Å². The molecule has 182 valence electrons. The molecule has 1 aliphatic heterocycles. The van der Waals surface area contributed by atoms with Crippen molar-refractivity contribution in [3.63, 3.8) is 0 Å². The minimum absolute atomic E-state index is 0.0420. The van der Waals surface area contributed by atoms with Crippen molar-refractivity contribution >= 4 is 17.4 Å². The first-order valence-corrected chi connectivity index (χ1v) is 11.9. The fraction of sp³-hybridized carbons (Fsp3) is 0.321. The van der Waals surface area contributed by atoms with Crippen LogP contribution in [0.1, 0.15) is 53.1 Å². The molecule has 35 heavy (non-hydrogen) atoms. The van der Waals surface area contributed by atoms with Gasteiger partial charge in [0.15, 0.2) is 0 Å². The highest BCUT2D eigenvalue weighted by molar-refractivity contribution is 6.01. The Morgan fingerprint density at radius 3 is 2.46 bits per heavy atom. The second-order valence-corrected chi connectivity index (χ2v) is 9.05. The van der Waals surface area contributed by atoms with Crippen LogP contribution in [-0.2, 0) is 11.4 Å². The molecule has 0 spiro atoms. The third kappa shape index (κ3) is 5.69. The predicted octanol–water partition coefficient (Wildman–Crippen LogP) is 4.58. The van der Waals surface area contributed by atoms with Gasteiger partial charge in [0.25, 0.3) is 0 Å². The molecule has 1 fully saturated rings. The number of hydrogen-bond acceptors (Lipinski definition) is 6. The minimum atomic E-state index is -0.706. The van der Waals surface area contributed by atoms with Gasteiger partial charge < -0.3 is 20.3 Å². The van der Waals surface area contributed by atoms with Gasteiger partial charge in [0.05, 0.1) is 23.9 Å². The number of carboxylic acids is 1. The number of anilines is 1. The number of carbonyl (C=O) groups is 1. The Morgan fingerprint density at radius 1 is 1.11 bits per heavy atom. The van der Waals surface area contributed by atoms with Crippen LogP contribution in [0.4, 0.5) is 5.69 Å². The molecule has 3 aromatic rings. The average molecular weight is 474 g/mol. The average Bonchev–Trinajstić information content (AvgIpc) is 2.90. The van der Waals surface area contributed by atoms with E-state index >= 15 is 0 Å². The summed E-state index contributed by atoms with van der Waals surface area (Å²) in [5, 5.41) is 32.2. The summed E-state index contributed by atoms with van der Waals surface area (Å²) in [7, 11) is 0. The van der Waals surface area contributed by atoms with Gasteiger partial charge in [-0.25, -0.2) is 0 Å². The minimum Gasteiger partial charge on any atom is -0.481 e. The quantitative estimate of drug-likeness (QED) is 0.251. The summed E-state index contributed by atoms with van der Waals surface area (Å²) in [6, 6.07) is 20.1. The number of piperidine rings is 1. The van der Waals surface area contributed by atoms with Crippen molar-refractivity contribution in [3.8, 4) is 0 Å². The zero-order chi connectivity index (χ0) is 24.8. The number of aryl methyl sites for hydroxylation is 1. The number of aliphatic hydroxyl groups excluding tert-OH is 1. The van der Waals surface area contributed by atoms with Crippen molar-refractivity contribution in [2.75, 3.05) is 18.0 Å². The number of nitrogens with zero attached hydrogens (tertiary/aromatic N) is 3. The van der Waals surface area contributed by atoms with Gasteiger partial charge in [0.1, 0.15) is 0 Å². The van der Waals surface area contributed by atoms with Gasteiger partial charge in [-0.05, 0) is 60.7 Å². The van der Waals surface area contributed by atoms with Crippen LogP contribution in [0.5, 0.6) is 0 Å². The van der Waals surface area contributed by atoms with Crippen LogP contribution in [0.15, 0.2) is 72.0 Å². The Bertz CT molecular complexity index is 1180. The van der Waals surface area contributed by atoms with Gasteiger partial charge in [-0.15, -0.1) is 0 Å². The number of rotatable bonds is 8. The molecule has 1 atom stereocenters. The topological polar surface area (TPSA) is 106 Å². The largest absolute Gasteiger partial charge is 0.481 e. The highest BCUT2D eigenvalue weighted by Crippen LogP contribution is 2.33. The lowest BCUT2D eigenvalue weighted by Gasteiger charge is -2.32. The Morgan fingerprint density at radius 2 is 1.83 bits per heavy atom. The lowest BCUT2D eigenvalue weighted by molar-refractivity contribution is -0.142. The molecule has 0 bridgehead atoms. The van der Waals surface area contributed by atoms with Crippen LogP contribution in [0.3, 0.4) is 0 Å². The fourth-order valence-electron chi connectivity index (χ4n) is 4.84. The molecule has 0 aliphatic carbocycles. The number of pyridine rings is 1. The predicted molar refractivity (Wildman–Crippen MR) is 135 cm³/mol. The number of benzene rings is 2. The van der Waals surface area contributed by atoms with Crippen molar-refractivity contribution < 1.29 is 20.2 Å². The Kier molecular flexibility index (Phi) is 7.77. The summed E-state index contributed by atoms with van der Waals surface area (Å²) in [6.07, 6.45) is 3.39. The van der Waals surface area contributed by atoms with Crippen molar-refractivity contribution in [1.82, 2.24) is 4.98 Å². The smallest absolute Gasteiger partial charge is 0.306 e. The summed E-state index contributed by atoms with van der Waals surface area (Å²) in [5.41, 5.74) is 6.26. The van der Waals surface area contributed by atoms with E-state index in [0.29, 0.717) is 30.7 Å². The maximum atomic E-state index is 11.3. The monoisotopic (exact) mass is 473 g/mol. The molecule has 1 aliphatic rings. The van der Waals surface area contributed by atoms with E-state index in [9.17, 15) is 20.2 Å². The number of carboxylic acid groups (broad SMARTS) is 1. The summed E-state index contributed by atoms with van der Waals surface area (Å²) >= 11 is 0. The molecule has 1 aromatic heterocycles. The number of aliphatic carboxylic acids is 1. The molecule has 4 rings (SSSR count). The molecule has 7 nitrogen and oxygen atoms in total. The summed E-state index contributed by atoms with van der Waals surface area (Å²) < 4.78 is 0. The van der Waals surface area contributed by atoms with Crippen LogP contribution in [0.2, 0.25) is 0 Å². The van der Waals surface area contributed by atoms with E-state index in [4.69, 9.17) is 0 Å². The highest BCUT2D eigenvalue weighted by atomic mass is 16.4. The van der Waals surface area contributed by atoms with E-state index in [0.717, 1.165) is 41.0 Å². The Labute approximate surface area is 205 Å². The molecule has 1 saturated heterocycles. The molecule has 0 saturated carbocycles. The van der Waals surface area contributed by atoms with Crippen molar-refractivity contribution in [2.45, 2.75) is 38.7 Å². The lowest BCUT2D eigenvalue weighted by atomic mass is 9.83. The third-order valence-corrected chi connectivity index (χ3v) is 6.90. The molecule has 1 unspecified atom stereocenters. The lowest BCUT2D eigenvalue weighted by Crippen LogP contribution is -2.36. The van der Waals surface area contributed by atoms with Crippen molar-refractivity contribution in [3.05, 3.63) is 94.8 Å². The number of hydrogen-bond donors (Lipinski definition) is 3. The van der Waals surface area contributed by atoms with Crippen LogP contribution in [-0.4, -0.2) is 45.2 Å². The first kappa shape index (κ1) is 24.4. The molecule has 7 heteroatoms. The van der Waals surface area contributed by atoms with Crippen LogP contribution >= 0.6 is 0 Å². The Balaban J connectivity index is 1.61. The van der Waals surface area contributed by atoms with E-state index < -0.39 is 5.97 Å². The van der Waals surface area contributed by atoms with Crippen molar-refractivity contribution in [2.24, 2.45) is 11.1 Å². The number of aliphatic hydroxyl groups is 1. The van der Waals surface area contributed by atoms with E-state index in [-0.39, 0.29) is 18.4 Å². The number of aromatic nitrogens is 1. The normalized spacial score (nSPS) is 15.7. The fourth-order valence-corrected chi connectivity index (χ4v) is 4.84. The maximum Gasteiger partial charge on any atom is 0.306 e. The van der Waals surface area contributed by atoms with Crippen LogP contribution < -0.4 is 4.90 Å². The van der Waals surface area contributed by atoms with E-state index in [1.165, 1.54) is 0 Å². The summed E-state index contributed by atoms with van der Waals surface area (Å²) in [6.45, 7) is 3.36. The summed E-state index contributed by atoms with van der Waals surface area (Å²) in [5.74, 6) is -1.01. The van der Waals surface area contributed by atoms with Crippen LogP contribution in [0.25, 0.3) is 0 Å². The first-order valence-electron chi connectivity index (χ1n) is 11.9. The molecule has 0 amide bonds. The van der Waals surface area contributed by atoms with Gasteiger partial charge >= 0.3 is 5.97 Å². The standard InChI is InChI=1S/C28H31N3O4/c1-19-4-2-3-5-25(19)26(17-27(30-35)22-10-13-29-23(16-22)18-32)20-6-8-24(9-7-20)31-14-11-21(12-15-31)28(33)34/h2-10,13,16,21,26,32,35H,11-12,14-15,17-18H2,1H3,(H,33,34). The maximum absolute atomic E-state index is 11.3. The third-order valence-electron chi connectivity index (χ3n) is 6.90. The second-order valence-electron chi connectivity index (χ2n) is 9.05. The second kappa shape index (κ2) is 11.1. The number of oxime groups is 1. The van der Waals surface area contributed by atoms with Gasteiger partial charge in [-0.2, -0.15) is 0 Å². The van der Waals surface area contributed by atoms with Gasteiger partial charge in [0.2, 0.25) is 0 Å². The van der Waals surface area contributed by atoms with E-state index in [2.05, 4.69) is 58.4 Å². The van der Waals surface area contributed by atoms with Crippen LogP contribution in [0, 0.1) is 12.8 Å². The SMILES string of the molecule is Cc1ccccc1C(CC(=NO)c1ccnc(CO)c1)c1ccc(N2CCC(C(=O)O)CC2)cc1. The van der Waals surface area contributed by atoms with Gasteiger partial charge in [-0.3, -0.25) is 9.78 Å². The highest BCUT2D eigenvalue weighted by Gasteiger charge is 2.25. The molecular weight excluding hydrogens is 442 g/mol. The van der Waals surface area contributed by atoms with Crippen molar-refractivity contribution in [1.29, 1.82) is 0 Å². The molecule has 2 heterocycles. The molecule has 2 aromatic carbocycles. The zero-order valence-corrected chi connectivity index (χ0v) is 19.8. The van der Waals surface area contributed by atoms with E-state index in [1.54, 1.807) is 18.3 Å². The zero-order valence-electron chi connectivity index (χ0n) is 19.8. The molecule has 3 N–H and O–H groups in total. The Hall–Kier alpha value is -3.71.